The molecule has 86 valence electrons. The number of aliphatic hydroxyl groups excluding tert-OH is 1. The molecular formula is C11H13ClN2O2. The smallest absolute Gasteiger partial charge is 0.246 e. The van der Waals surface area contributed by atoms with Gasteiger partial charge in [-0.1, -0.05) is 23.7 Å². The molecule has 0 saturated heterocycles. The first-order chi connectivity index (χ1) is 7.67. The molecule has 1 aromatic carbocycles. The Kier molecular flexibility index (Phi) is 4.95. The maximum atomic E-state index is 11.2. The minimum Gasteiger partial charge on any atom is -0.394 e. The second-order valence-electron chi connectivity index (χ2n) is 3.14. The number of aliphatic hydroxyl groups is 1. The zero-order valence-corrected chi connectivity index (χ0v) is 9.61. The fraction of sp³-hybridized carbons (Fsp3) is 0.273. The van der Waals surface area contributed by atoms with Crippen LogP contribution in [-0.4, -0.2) is 36.9 Å². The average Bonchev–Trinajstić information content (AvgIpc) is 2.31. The van der Waals surface area contributed by atoms with Crippen LogP contribution in [-0.2, 0) is 4.79 Å². The Labute approximate surface area is 99.0 Å². The molecule has 0 aliphatic rings. The number of nitrogens with one attached hydrogen (secondary N) is 1. The standard InChI is InChI=1S/C11H13ClN2O2/c1-13-11(16)10(7-15)14-6-8-2-4-9(12)5-3-8/h2-6,10,15H,7H2,1H3,(H,13,16). The van der Waals surface area contributed by atoms with Crippen molar-refractivity contribution in [2.45, 2.75) is 6.04 Å². The van der Waals surface area contributed by atoms with Gasteiger partial charge in [-0.05, 0) is 17.7 Å². The lowest BCUT2D eigenvalue weighted by Gasteiger charge is -2.06. The summed E-state index contributed by atoms with van der Waals surface area (Å²) in [7, 11) is 1.50. The van der Waals surface area contributed by atoms with Crippen molar-refractivity contribution < 1.29 is 9.90 Å². The van der Waals surface area contributed by atoms with E-state index < -0.39 is 6.04 Å². The minimum absolute atomic E-state index is 0.312. The van der Waals surface area contributed by atoms with Crippen molar-refractivity contribution in [3.8, 4) is 0 Å². The first-order valence-electron chi connectivity index (χ1n) is 4.78. The van der Waals surface area contributed by atoms with Gasteiger partial charge in [0.05, 0.1) is 6.61 Å². The number of aliphatic imine (C=N–C) groups is 1. The van der Waals surface area contributed by atoms with Gasteiger partial charge in [-0.15, -0.1) is 0 Å². The number of hydrogen-bond acceptors (Lipinski definition) is 3. The molecule has 1 amide bonds. The van der Waals surface area contributed by atoms with Gasteiger partial charge >= 0.3 is 0 Å². The molecule has 1 atom stereocenters. The Hall–Kier alpha value is -1.39. The van der Waals surface area contributed by atoms with Gasteiger partial charge < -0.3 is 10.4 Å². The van der Waals surface area contributed by atoms with E-state index >= 15 is 0 Å². The topological polar surface area (TPSA) is 61.7 Å². The molecule has 0 saturated carbocycles. The molecule has 0 radical (unpaired) electrons. The summed E-state index contributed by atoms with van der Waals surface area (Å²) in [5.74, 6) is -0.312. The van der Waals surface area contributed by atoms with E-state index in [2.05, 4.69) is 10.3 Å². The molecule has 1 aromatic rings. The van der Waals surface area contributed by atoms with Crippen molar-refractivity contribution in [1.29, 1.82) is 0 Å². The quantitative estimate of drug-likeness (QED) is 0.767. The predicted octanol–water partition coefficient (Wildman–Crippen LogP) is 0.866. The lowest BCUT2D eigenvalue weighted by Crippen LogP contribution is -2.33. The third-order valence-corrected chi connectivity index (χ3v) is 2.25. The van der Waals surface area contributed by atoms with E-state index in [0.29, 0.717) is 5.02 Å². The van der Waals surface area contributed by atoms with Crippen LogP contribution in [0.15, 0.2) is 29.3 Å². The first kappa shape index (κ1) is 12.7. The molecule has 0 aliphatic carbocycles. The van der Waals surface area contributed by atoms with E-state index in [1.807, 2.05) is 0 Å². The number of amides is 1. The Morgan fingerprint density at radius 1 is 1.56 bits per heavy atom. The van der Waals surface area contributed by atoms with Gasteiger partial charge in [0, 0.05) is 18.3 Å². The molecule has 4 nitrogen and oxygen atoms in total. The molecule has 5 heteroatoms. The second-order valence-corrected chi connectivity index (χ2v) is 3.58. The summed E-state index contributed by atoms with van der Waals surface area (Å²) in [4.78, 5) is 15.2. The third-order valence-electron chi connectivity index (χ3n) is 2.00. The fourth-order valence-corrected chi connectivity index (χ4v) is 1.22. The summed E-state index contributed by atoms with van der Waals surface area (Å²) in [5.41, 5.74) is 0.826. The molecule has 0 spiro atoms. The zero-order chi connectivity index (χ0) is 12.0. The van der Waals surface area contributed by atoms with E-state index in [1.54, 1.807) is 24.3 Å². The van der Waals surface area contributed by atoms with Gasteiger partial charge in [0.1, 0.15) is 0 Å². The van der Waals surface area contributed by atoms with Gasteiger partial charge in [-0.3, -0.25) is 9.79 Å². The summed E-state index contributed by atoms with van der Waals surface area (Å²) in [6, 6.07) is 6.27. The normalized spacial score (nSPS) is 12.7. The molecule has 0 fully saturated rings. The number of nitrogens with zero attached hydrogens (tertiary/aromatic N) is 1. The highest BCUT2D eigenvalue weighted by Crippen LogP contribution is 2.08. The van der Waals surface area contributed by atoms with Crippen LogP contribution in [0, 0.1) is 0 Å². The van der Waals surface area contributed by atoms with E-state index in [9.17, 15) is 4.79 Å². The summed E-state index contributed by atoms with van der Waals surface area (Å²) in [6.07, 6.45) is 1.53. The number of likely N-dealkylation sites (N-methyl/N-ethyl adjacent to an activating group) is 1. The van der Waals surface area contributed by atoms with Gasteiger partial charge in [0.15, 0.2) is 6.04 Å². The lowest BCUT2D eigenvalue weighted by atomic mass is 10.2. The van der Waals surface area contributed by atoms with Gasteiger partial charge in [0.25, 0.3) is 0 Å². The van der Waals surface area contributed by atoms with Crippen LogP contribution in [0.3, 0.4) is 0 Å². The number of halogens is 1. The van der Waals surface area contributed by atoms with Crippen molar-refractivity contribution in [3.63, 3.8) is 0 Å². The van der Waals surface area contributed by atoms with Crippen LogP contribution in [0.5, 0.6) is 0 Å². The highest BCUT2D eigenvalue weighted by atomic mass is 35.5. The average molecular weight is 241 g/mol. The van der Waals surface area contributed by atoms with Crippen molar-refractivity contribution in [3.05, 3.63) is 34.9 Å². The van der Waals surface area contributed by atoms with Crippen molar-refractivity contribution in [2.75, 3.05) is 13.7 Å². The Balaban J connectivity index is 2.71. The predicted molar refractivity (Wildman–Crippen MR) is 64.0 cm³/mol. The van der Waals surface area contributed by atoms with Crippen molar-refractivity contribution in [1.82, 2.24) is 5.32 Å². The molecule has 1 unspecified atom stereocenters. The van der Waals surface area contributed by atoms with E-state index in [0.717, 1.165) is 5.56 Å². The van der Waals surface area contributed by atoms with Crippen LogP contribution in [0.1, 0.15) is 5.56 Å². The summed E-state index contributed by atoms with van der Waals surface area (Å²) >= 11 is 5.73. The number of carbonyl (C=O) groups excluding carboxylic acids is 1. The van der Waals surface area contributed by atoms with Gasteiger partial charge in [-0.25, -0.2) is 0 Å². The summed E-state index contributed by atoms with van der Waals surface area (Å²) in [6.45, 7) is -0.316. The molecule has 0 aromatic heterocycles. The molecule has 0 heterocycles. The van der Waals surface area contributed by atoms with Gasteiger partial charge in [-0.2, -0.15) is 0 Å². The highest BCUT2D eigenvalue weighted by molar-refractivity contribution is 6.30. The summed E-state index contributed by atoms with van der Waals surface area (Å²) in [5, 5.41) is 12.0. The molecular weight excluding hydrogens is 228 g/mol. The van der Waals surface area contributed by atoms with E-state index in [1.165, 1.54) is 13.3 Å². The first-order valence-corrected chi connectivity index (χ1v) is 5.16. The van der Waals surface area contributed by atoms with Gasteiger partial charge in [0.2, 0.25) is 5.91 Å². The number of carbonyl (C=O) groups is 1. The van der Waals surface area contributed by atoms with Crippen LogP contribution < -0.4 is 5.32 Å². The van der Waals surface area contributed by atoms with Crippen molar-refractivity contribution >= 4 is 23.7 Å². The Bertz CT molecular complexity index is 376. The SMILES string of the molecule is CNC(=O)C(CO)N=Cc1ccc(Cl)cc1. The fourth-order valence-electron chi connectivity index (χ4n) is 1.09. The molecule has 2 N–H and O–H groups in total. The van der Waals surface area contributed by atoms with Crippen LogP contribution in [0.2, 0.25) is 5.02 Å². The van der Waals surface area contributed by atoms with E-state index in [-0.39, 0.29) is 12.5 Å². The third kappa shape index (κ3) is 3.64. The second kappa shape index (κ2) is 6.25. The number of rotatable bonds is 4. The summed E-state index contributed by atoms with van der Waals surface area (Å²) < 4.78 is 0. The largest absolute Gasteiger partial charge is 0.394 e. The zero-order valence-electron chi connectivity index (χ0n) is 8.85. The minimum atomic E-state index is -0.763. The molecule has 0 aliphatic heterocycles. The Morgan fingerprint density at radius 2 is 2.19 bits per heavy atom. The molecule has 1 rings (SSSR count). The van der Waals surface area contributed by atoms with Crippen LogP contribution in [0.4, 0.5) is 0 Å². The monoisotopic (exact) mass is 240 g/mol. The Morgan fingerprint density at radius 3 is 2.69 bits per heavy atom. The maximum Gasteiger partial charge on any atom is 0.246 e. The van der Waals surface area contributed by atoms with Crippen LogP contribution >= 0.6 is 11.6 Å². The highest BCUT2D eigenvalue weighted by Gasteiger charge is 2.12. The lowest BCUT2D eigenvalue weighted by molar-refractivity contribution is -0.122. The molecule has 16 heavy (non-hydrogen) atoms. The maximum absolute atomic E-state index is 11.2. The van der Waals surface area contributed by atoms with Crippen LogP contribution in [0.25, 0.3) is 0 Å². The number of benzene rings is 1. The van der Waals surface area contributed by atoms with Crippen molar-refractivity contribution in [2.24, 2.45) is 4.99 Å². The number of hydrogen-bond donors (Lipinski definition) is 2. The molecule has 0 bridgehead atoms. The van der Waals surface area contributed by atoms with E-state index in [4.69, 9.17) is 16.7 Å².